The first-order chi connectivity index (χ1) is 14.2. The van der Waals surface area contributed by atoms with Crippen molar-refractivity contribution >= 4 is 21.9 Å². The lowest BCUT2D eigenvalue weighted by Gasteiger charge is -2.38. The van der Waals surface area contributed by atoms with Crippen LogP contribution in [0, 0.1) is 6.92 Å². The maximum atomic E-state index is 12.9. The minimum Gasteiger partial charge on any atom is -0.452 e. The minimum atomic E-state index is -3.65. The van der Waals surface area contributed by atoms with Crippen LogP contribution in [0.4, 0.5) is 0 Å². The third kappa shape index (κ3) is 4.86. The van der Waals surface area contributed by atoms with E-state index in [0.717, 1.165) is 38.5 Å². The number of aryl methyl sites for hydroxylation is 1. The number of sulfonamides is 1. The zero-order valence-corrected chi connectivity index (χ0v) is 18.9. The summed E-state index contributed by atoms with van der Waals surface area (Å²) in [5.74, 6) is -0.883. The van der Waals surface area contributed by atoms with Crippen molar-refractivity contribution in [2.45, 2.75) is 76.3 Å². The van der Waals surface area contributed by atoms with E-state index in [-0.39, 0.29) is 35.1 Å². The van der Waals surface area contributed by atoms with Crippen molar-refractivity contribution in [1.82, 2.24) is 9.21 Å². The number of carbonyl (C=O) groups is 2. The Morgan fingerprint density at radius 3 is 2.30 bits per heavy atom. The van der Waals surface area contributed by atoms with Crippen LogP contribution in [-0.2, 0) is 19.6 Å². The van der Waals surface area contributed by atoms with Crippen LogP contribution in [0.15, 0.2) is 23.1 Å². The molecule has 2 saturated heterocycles. The van der Waals surface area contributed by atoms with Gasteiger partial charge < -0.3 is 9.64 Å². The average Bonchev–Trinajstić information content (AvgIpc) is 2.72. The fourth-order valence-electron chi connectivity index (χ4n) is 4.43. The van der Waals surface area contributed by atoms with Crippen LogP contribution >= 0.6 is 0 Å². The van der Waals surface area contributed by atoms with Crippen LogP contribution in [0.5, 0.6) is 0 Å². The van der Waals surface area contributed by atoms with Gasteiger partial charge in [-0.1, -0.05) is 12.5 Å². The molecule has 1 amide bonds. The van der Waals surface area contributed by atoms with Gasteiger partial charge >= 0.3 is 5.97 Å². The second-order valence-corrected chi connectivity index (χ2v) is 10.4. The Balaban J connectivity index is 1.71. The van der Waals surface area contributed by atoms with E-state index >= 15 is 0 Å². The first-order valence-corrected chi connectivity index (χ1v) is 12.2. The molecule has 0 bridgehead atoms. The summed E-state index contributed by atoms with van der Waals surface area (Å²) in [6.07, 6.45) is 5.69. The normalized spacial score (nSPS) is 23.2. The largest absolute Gasteiger partial charge is 0.452 e. The van der Waals surface area contributed by atoms with Crippen molar-refractivity contribution in [3.8, 4) is 0 Å². The number of carbonyl (C=O) groups excluding carboxylic acids is 2. The summed E-state index contributed by atoms with van der Waals surface area (Å²) in [4.78, 5) is 27.2. The van der Waals surface area contributed by atoms with E-state index in [0.29, 0.717) is 18.7 Å². The number of esters is 1. The number of piperidine rings is 2. The van der Waals surface area contributed by atoms with Gasteiger partial charge in [0.15, 0.2) is 6.61 Å². The van der Waals surface area contributed by atoms with Gasteiger partial charge in [-0.05, 0) is 70.6 Å². The van der Waals surface area contributed by atoms with Crippen LogP contribution in [-0.4, -0.2) is 61.3 Å². The van der Waals surface area contributed by atoms with E-state index < -0.39 is 16.0 Å². The summed E-state index contributed by atoms with van der Waals surface area (Å²) >= 11 is 0. The van der Waals surface area contributed by atoms with Gasteiger partial charge in [0, 0.05) is 25.2 Å². The van der Waals surface area contributed by atoms with Crippen molar-refractivity contribution in [3.05, 3.63) is 29.3 Å². The number of rotatable bonds is 5. The quantitative estimate of drug-likeness (QED) is 0.662. The molecule has 0 radical (unpaired) electrons. The molecule has 8 heteroatoms. The van der Waals surface area contributed by atoms with Gasteiger partial charge in [0.05, 0.1) is 10.5 Å². The number of hydrogen-bond donors (Lipinski definition) is 0. The van der Waals surface area contributed by atoms with Crippen molar-refractivity contribution in [1.29, 1.82) is 0 Å². The van der Waals surface area contributed by atoms with Gasteiger partial charge in [0.2, 0.25) is 10.0 Å². The Labute approximate surface area is 179 Å². The number of hydrogen-bond acceptors (Lipinski definition) is 5. The monoisotopic (exact) mass is 436 g/mol. The summed E-state index contributed by atoms with van der Waals surface area (Å²) in [6, 6.07) is 4.76. The number of likely N-dealkylation sites (tertiary alicyclic amines) is 1. The van der Waals surface area contributed by atoms with Crippen LogP contribution in [0.3, 0.4) is 0 Å². The second-order valence-electron chi connectivity index (χ2n) is 8.45. The molecule has 2 aliphatic heterocycles. The SMILES string of the molecule is Cc1ccc(S(=O)(=O)N2CCCCC2)cc1C(=O)OCC(=O)N1[C@H](C)CCC[C@@H]1C. The molecular formula is C22H32N2O5S. The number of nitrogens with zero attached hydrogens (tertiary/aromatic N) is 2. The molecule has 2 atom stereocenters. The highest BCUT2D eigenvalue weighted by atomic mass is 32.2. The standard InChI is InChI=1S/C22H32N2O5S/c1-16-10-11-19(30(27,28)23-12-5-4-6-13-23)14-20(16)22(26)29-15-21(25)24-17(2)8-7-9-18(24)3/h10-11,14,17-18H,4-9,12-13,15H2,1-3H3/t17-,18+. The molecule has 0 spiro atoms. The van der Waals surface area contributed by atoms with E-state index in [1.165, 1.54) is 16.4 Å². The van der Waals surface area contributed by atoms with Crippen molar-refractivity contribution < 1.29 is 22.7 Å². The maximum absolute atomic E-state index is 12.9. The zero-order valence-electron chi connectivity index (χ0n) is 18.1. The third-order valence-electron chi connectivity index (χ3n) is 6.19. The molecular weight excluding hydrogens is 404 g/mol. The maximum Gasteiger partial charge on any atom is 0.338 e. The zero-order chi connectivity index (χ0) is 21.9. The van der Waals surface area contributed by atoms with Crippen molar-refractivity contribution in [3.63, 3.8) is 0 Å². The first kappa shape index (κ1) is 22.7. The predicted molar refractivity (Wildman–Crippen MR) is 114 cm³/mol. The predicted octanol–water partition coefficient (Wildman–Crippen LogP) is 3.12. The Bertz CT molecular complexity index is 883. The van der Waals surface area contributed by atoms with Crippen LogP contribution in [0.1, 0.15) is 68.3 Å². The summed E-state index contributed by atoms with van der Waals surface area (Å²) in [6.45, 7) is 6.40. The molecule has 3 rings (SSSR count). The molecule has 7 nitrogen and oxygen atoms in total. The fraction of sp³-hybridized carbons (Fsp3) is 0.636. The first-order valence-electron chi connectivity index (χ1n) is 10.8. The fourth-order valence-corrected chi connectivity index (χ4v) is 5.97. The summed E-state index contributed by atoms with van der Waals surface area (Å²) < 4.78 is 32.6. The molecule has 0 unspecified atom stereocenters. The van der Waals surface area contributed by atoms with Gasteiger partial charge in [0.25, 0.3) is 5.91 Å². The molecule has 0 saturated carbocycles. The Kier molecular flexibility index (Phi) is 7.18. The number of amides is 1. The summed E-state index contributed by atoms with van der Waals surface area (Å²) in [5, 5.41) is 0. The van der Waals surface area contributed by atoms with E-state index in [1.54, 1.807) is 17.9 Å². The smallest absolute Gasteiger partial charge is 0.338 e. The van der Waals surface area contributed by atoms with Gasteiger partial charge in [-0.2, -0.15) is 4.31 Å². The number of benzene rings is 1. The molecule has 2 aliphatic rings. The van der Waals surface area contributed by atoms with E-state index in [4.69, 9.17) is 4.74 Å². The highest BCUT2D eigenvalue weighted by Crippen LogP contribution is 2.24. The average molecular weight is 437 g/mol. The van der Waals surface area contributed by atoms with Gasteiger partial charge in [0.1, 0.15) is 0 Å². The molecule has 0 aliphatic carbocycles. The van der Waals surface area contributed by atoms with Crippen molar-refractivity contribution in [2.75, 3.05) is 19.7 Å². The minimum absolute atomic E-state index is 0.0894. The van der Waals surface area contributed by atoms with Gasteiger partial charge in [-0.3, -0.25) is 4.79 Å². The highest BCUT2D eigenvalue weighted by molar-refractivity contribution is 7.89. The van der Waals surface area contributed by atoms with E-state index in [2.05, 4.69) is 0 Å². The number of ether oxygens (including phenoxy) is 1. The molecule has 166 valence electrons. The van der Waals surface area contributed by atoms with E-state index in [1.807, 2.05) is 13.8 Å². The topological polar surface area (TPSA) is 84.0 Å². The molecule has 0 aromatic heterocycles. The molecule has 1 aromatic rings. The Morgan fingerprint density at radius 1 is 1.03 bits per heavy atom. The highest BCUT2D eigenvalue weighted by Gasteiger charge is 2.30. The molecule has 2 fully saturated rings. The molecule has 1 aromatic carbocycles. The molecule has 0 N–H and O–H groups in total. The van der Waals surface area contributed by atoms with Gasteiger partial charge in [-0.25, -0.2) is 13.2 Å². The van der Waals surface area contributed by atoms with Crippen LogP contribution < -0.4 is 0 Å². The lowest BCUT2D eigenvalue weighted by atomic mass is 9.97. The van der Waals surface area contributed by atoms with Gasteiger partial charge in [-0.15, -0.1) is 0 Å². The lowest BCUT2D eigenvalue weighted by Crippen LogP contribution is -2.49. The Morgan fingerprint density at radius 2 is 1.67 bits per heavy atom. The van der Waals surface area contributed by atoms with E-state index in [9.17, 15) is 18.0 Å². The van der Waals surface area contributed by atoms with Crippen molar-refractivity contribution in [2.24, 2.45) is 0 Å². The summed E-state index contributed by atoms with van der Waals surface area (Å²) in [5.41, 5.74) is 0.797. The second kappa shape index (κ2) is 9.47. The summed E-state index contributed by atoms with van der Waals surface area (Å²) in [7, 11) is -3.65. The van der Waals surface area contributed by atoms with Crippen LogP contribution in [0.2, 0.25) is 0 Å². The molecule has 2 heterocycles. The third-order valence-corrected chi connectivity index (χ3v) is 8.08. The molecule has 30 heavy (non-hydrogen) atoms. The van der Waals surface area contributed by atoms with Crippen LogP contribution in [0.25, 0.3) is 0 Å². The Hall–Kier alpha value is -1.93. The lowest BCUT2D eigenvalue weighted by molar-refractivity contribution is -0.140.